The highest BCUT2D eigenvalue weighted by atomic mass is 16.6. The summed E-state index contributed by atoms with van der Waals surface area (Å²) in [6, 6.07) is 5.49. The molecule has 2 aromatic heterocycles. The number of carbonyl (C=O) groups is 1. The lowest BCUT2D eigenvalue weighted by Crippen LogP contribution is -2.30. The van der Waals surface area contributed by atoms with Crippen LogP contribution in [0.25, 0.3) is 5.52 Å². The normalized spacial score (nSPS) is 25.4. The Balaban J connectivity index is 1.79. The fourth-order valence-electron chi connectivity index (χ4n) is 3.17. The van der Waals surface area contributed by atoms with Crippen molar-refractivity contribution in [2.24, 2.45) is 5.41 Å². The van der Waals surface area contributed by atoms with Gasteiger partial charge in [-0.3, -0.25) is 4.79 Å². The minimum absolute atomic E-state index is 0.0288. The maximum Gasteiger partial charge on any atom is 0.306 e. The van der Waals surface area contributed by atoms with E-state index in [4.69, 9.17) is 15.2 Å². The third-order valence-corrected chi connectivity index (χ3v) is 4.44. The molecule has 2 aromatic rings. The summed E-state index contributed by atoms with van der Waals surface area (Å²) >= 11 is 0. The number of aliphatic hydroxyl groups excluding tert-OH is 1. The van der Waals surface area contributed by atoms with E-state index in [2.05, 4.69) is 16.2 Å². The Bertz CT molecular complexity index is 897. The van der Waals surface area contributed by atoms with E-state index in [1.165, 1.54) is 10.8 Å². The zero-order valence-electron chi connectivity index (χ0n) is 15.5. The summed E-state index contributed by atoms with van der Waals surface area (Å²) in [6.07, 6.45) is -0.205. The number of aliphatic hydroxyl groups is 1. The van der Waals surface area contributed by atoms with E-state index >= 15 is 0 Å². The first kappa shape index (κ1) is 19.1. The summed E-state index contributed by atoms with van der Waals surface area (Å²) < 4.78 is 12.6. The smallest absolute Gasteiger partial charge is 0.306 e. The SMILES string of the molecule is CC(C)(C)CC(=O)OC[C@H]1O[C@@](C#N)(c2ccc3c(N)ncnn23)C[C@@H]1O. The number of anilines is 1. The number of aromatic nitrogens is 3. The average Bonchev–Trinajstić information content (AvgIpc) is 3.14. The van der Waals surface area contributed by atoms with Gasteiger partial charge in [-0.25, -0.2) is 9.50 Å². The summed E-state index contributed by atoms with van der Waals surface area (Å²) in [6.45, 7) is 5.67. The minimum atomic E-state index is -1.42. The summed E-state index contributed by atoms with van der Waals surface area (Å²) in [4.78, 5) is 15.9. The first-order valence-electron chi connectivity index (χ1n) is 8.67. The molecule has 1 aliphatic heterocycles. The lowest BCUT2D eigenvalue weighted by Gasteiger charge is -2.22. The molecule has 9 nitrogen and oxygen atoms in total. The number of nitrogens with zero attached hydrogens (tertiary/aromatic N) is 4. The summed E-state index contributed by atoms with van der Waals surface area (Å²) in [5.74, 6) is -0.100. The van der Waals surface area contributed by atoms with Crippen LogP contribution in [0.2, 0.25) is 0 Å². The molecule has 27 heavy (non-hydrogen) atoms. The van der Waals surface area contributed by atoms with Gasteiger partial charge >= 0.3 is 5.97 Å². The third-order valence-electron chi connectivity index (χ3n) is 4.44. The topological polar surface area (TPSA) is 136 Å². The monoisotopic (exact) mass is 373 g/mol. The second-order valence-corrected chi connectivity index (χ2v) is 7.95. The standard InChI is InChI=1S/C18H23N5O4/c1-17(2,3)7-15(25)26-8-13-12(24)6-18(9-19,27-13)14-5-4-11-16(20)21-10-22-23(11)14/h4-5,10,12-13,24H,6-8H2,1-3H3,(H2,20,21,22)/t12-,13+,18-/m0/s1. The van der Waals surface area contributed by atoms with Gasteiger partial charge in [0.05, 0.1) is 18.2 Å². The molecular weight excluding hydrogens is 350 g/mol. The fourth-order valence-corrected chi connectivity index (χ4v) is 3.17. The second kappa shape index (κ2) is 6.79. The van der Waals surface area contributed by atoms with Crippen molar-refractivity contribution in [1.82, 2.24) is 14.6 Å². The first-order valence-corrected chi connectivity index (χ1v) is 8.67. The van der Waals surface area contributed by atoms with Crippen LogP contribution in [-0.2, 0) is 19.9 Å². The molecule has 3 atom stereocenters. The molecule has 3 heterocycles. The molecule has 0 amide bonds. The number of nitrogens with two attached hydrogens (primary N) is 1. The molecule has 1 fully saturated rings. The maximum atomic E-state index is 11.9. The van der Waals surface area contributed by atoms with Crippen LogP contribution in [0.15, 0.2) is 18.5 Å². The number of nitrogen functional groups attached to an aromatic ring is 1. The Morgan fingerprint density at radius 2 is 2.30 bits per heavy atom. The van der Waals surface area contributed by atoms with Crippen LogP contribution in [0.1, 0.15) is 39.3 Å². The van der Waals surface area contributed by atoms with Crippen LogP contribution in [-0.4, -0.2) is 44.5 Å². The molecule has 0 saturated carbocycles. The first-order chi connectivity index (χ1) is 12.6. The van der Waals surface area contributed by atoms with E-state index < -0.39 is 17.8 Å². The highest BCUT2D eigenvalue weighted by Crippen LogP contribution is 2.40. The van der Waals surface area contributed by atoms with Gasteiger partial charge in [-0.1, -0.05) is 20.8 Å². The Morgan fingerprint density at radius 3 is 2.96 bits per heavy atom. The molecule has 0 aromatic carbocycles. The van der Waals surface area contributed by atoms with Gasteiger partial charge in [0.15, 0.2) is 11.4 Å². The molecule has 1 saturated heterocycles. The van der Waals surface area contributed by atoms with E-state index in [1.54, 1.807) is 12.1 Å². The Morgan fingerprint density at radius 1 is 1.56 bits per heavy atom. The van der Waals surface area contributed by atoms with Crippen molar-refractivity contribution in [3.05, 3.63) is 24.2 Å². The van der Waals surface area contributed by atoms with Crippen molar-refractivity contribution in [1.29, 1.82) is 5.26 Å². The summed E-state index contributed by atoms with van der Waals surface area (Å²) in [5, 5.41) is 24.3. The third kappa shape index (κ3) is 3.72. The highest BCUT2D eigenvalue weighted by Gasteiger charge is 2.50. The van der Waals surface area contributed by atoms with Gasteiger partial charge in [0, 0.05) is 6.42 Å². The van der Waals surface area contributed by atoms with Gasteiger partial charge in [-0.15, -0.1) is 0 Å². The number of hydrogen-bond acceptors (Lipinski definition) is 8. The van der Waals surface area contributed by atoms with Crippen molar-refractivity contribution in [2.45, 2.75) is 51.4 Å². The molecule has 3 rings (SSSR count). The Labute approximate surface area is 156 Å². The van der Waals surface area contributed by atoms with Gasteiger partial charge in [-0.05, 0) is 17.5 Å². The largest absolute Gasteiger partial charge is 0.463 e. The van der Waals surface area contributed by atoms with Crippen LogP contribution in [0.5, 0.6) is 0 Å². The van der Waals surface area contributed by atoms with Crippen LogP contribution in [0.3, 0.4) is 0 Å². The summed E-state index contributed by atoms with van der Waals surface area (Å²) in [5.41, 5.74) is 5.20. The highest BCUT2D eigenvalue weighted by molar-refractivity contribution is 5.70. The van der Waals surface area contributed by atoms with E-state index in [-0.39, 0.29) is 36.7 Å². The molecule has 0 aliphatic carbocycles. The quantitative estimate of drug-likeness (QED) is 0.762. The lowest BCUT2D eigenvalue weighted by molar-refractivity contribution is -0.152. The van der Waals surface area contributed by atoms with Gasteiger partial charge in [0.2, 0.25) is 0 Å². The number of hydrogen-bond donors (Lipinski definition) is 2. The lowest BCUT2D eigenvalue weighted by atomic mass is 9.92. The minimum Gasteiger partial charge on any atom is -0.463 e. The van der Waals surface area contributed by atoms with Crippen LogP contribution >= 0.6 is 0 Å². The number of ether oxygens (including phenoxy) is 2. The van der Waals surface area contributed by atoms with E-state index in [0.717, 1.165) is 0 Å². The molecule has 144 valence electrons. The zero-order valence-corrected chi connectivity index (χ0v) is 15.5. The molecule has 3 N–H and O–H groups in total. The van der Waals surface area contributed by atoms with E-state index in [0.29, 0.717) is 11.2 Å². The van der Waals surface area contributed by atoms with Gasteiger partial charge < -0.3 is 20.3 Å². The molecule has 0 unspecified atom stereocenters. The number of rotatable bonds is 4. The Hall–Kier alpha value is -2.70. The molecule has 1 aliphatic rings. The molecule has 0 radical (unpaired) electrons. The van der Waals surface area contributed by atoms with Crippen molar-refractivity contribution < 1.29 is 19.4 Å². The predicted molar refractivity (Wildman–Crippen MR) is 95.2 cm³/mol. The van der Waals surface area contributed by atoms with E-state index in [9.17, 15) is 15.2 Å². The van der Waals surface area contributed by atoms with Crippen LogP contribution < -0.4 is 5.73 Å². The molecular formula is C18H23N5O4. The van der Waals surface area contributed by atoms with E-state index in [1.807, 2.05) is 20.8 Å². The number of fused-ring (bicyclic) bond motifs is 1. The van der Waals surface area contributed by atoms with Gasteiger partial charge in [-0.2, -0.15) is 10.4 Å². The van der Waals surface area contributed by atoms with Gasteiger partial charge in [0.1, 0.15) is 30.6 Å². The fraction of sp³-hybridized carbons (Fsp3) is 0.556. The van der Waals surface area contributed by atoms with Crippen molar-refractivity contribution in [3.63, 3.8) is 0 Å². The van der Waals surface area contributed by atoms with Crippen molar-refractivity contribution in [2.75, 3.05) is 12.3 Å². The average molecular weight is 373 g/mol. The van der Waals surface area contributed by atoms with Crippen molar-refractivity contribution in [3.8, 4) is 6.07 Å². The van der Waals surface area contributed by atoms with Gasteiger partial charge in [0.25, 0.3) is 0 Å². The summed E-state index contributed by atoms with van der Waals surface area (Å²) in [7, 11) is 0. The van der Waals surface area contributed by atoms with Crippen LogP contribution in [0.4, 0.5) is 5.82 Å². The second-order valence-electron chi connectivity index (χ2n) is 7.95. The van der Waals surface area contributed by atoms with Crippen LogP contribution in [0, 0.1) is 16.7 Å². The number of esters is 1. The number of carbonyl (C=O) groups excluding carboxylic acids is 1. The predicted octanol–water partition coefficient (Wildman–Crippen LogP) is 1.16. The molecule has 9 heteroatoms. The maximum absolute atomic E-state index is 11.9. The van der Waals surface area contributed by atoms with Crippen molar-refractivity contribution >= 4 is 17.3 Å². The molecule has 0 spiro atoms. The number of nitriles is 1. The molecule has 0 bridgehead atoms. The Kier molecular flexibility index (Phi) is 4.80. The zero-order chi connectivity index (χ0) is 19.8.